The SMILES string of the molecule is Nc1nc(Oc2cc(F)ccc2F)nc2c1ncn2C1CCC(CO)O1. The second-order valence-corrected chi connectivity index (χ2v) is 5.86. The summed E-state index contributed by atoms with van der Waals surface area (Å²) in [6.07, 6.45) is 2.24. The van der Waals surface area contributed by atoms with E-state index in [0.29, 0.717) is 24.0 Å². The third-order valence-corrected chi connectivity index (χ3v) is 4.12. The first-order valence-corrected chi connectivity index (χ1v) is 7.94. The Morgan fingerprint density at radius 3 is 2.92 bits per heavy atom. The second kappa shape index (κ2) is 6.46. The van der Waals surface area contributed by atoms with Crippen LogP contribution in [0.25, 0.3) is 11.2 Å². The molecule has 1 saturated heterocycles. The number of nitrogens with zero attached hydrogens (tertiary/aromatic N) is 4. The van der Waals surface area contributed by atoms with E-state index in [0.717, 1.165) is 18.2 Å². The van der Waals surface area contributed by atoms with Gasteiger partial charge in [-0.2, -0.15) is 9.97 Å². The summed E-state index contributed by atoms with van der Waals surface area (Å²) in [6, 6.07) is 2.57. The van der Waals surface area contributed by atoms with Crippen LogP contribution in [0, 0.1) is 11.6 Å². The van der Waals surface area contributed by atoms with Gasteiger partial charge in [0.15, 0.2) is 28.5 Å². The van der Waals surface area contributed by atoms with E-state index >= 15 is 0 Å². The maximum Gasteiger partial charge on any atom is 0.326 e. The maximum absolute atomic E-state index is 13.8. The minimum absolute atomic E-state index is 0.0391. The number of nitrogen functional groups attached to an aromatic ring is 1. The fourth-order valence-electron chi connectivity index (χ4n) is 2.85. The molecule has 2 aromatic heterocycles. The first-order chi connectivity index (χ1) is 12.5. The summed E-state index contributed by atoms with van der Waals surface area (Å²) in [7, 11) is 0. The van der Waals surface area contributed by atoms with Crippen molar-refractivity contribution >= 4 is 17.0 Å². The molecule has 0 aliphatic carbocycles. The zero-order valence-electron chi connectivity index (χ0n) is 13.5. The lowest BCUT2D eigenvalue weighted by molar-refractivity contribution is -0.0207. The molecule has 4 rings (SSSR count). The van der Waals surface area contributed by atoms with Gasteiger partial charge in [0.05, 0.1) is 19.0 Å². The van der Waals surface area contributed by atoms with Gasteiger partial charge in [-0.25, -0.2) is 13.8 Å². The van der Waals surface area contributed by atoms with E-state index in [9.17, 15) is 13.9 Å². The first-order valence-electron chi connectivity index (χ1n) is 7.94. The molecular formula is C16H15F2N5O3. The third-order valence-electron chi connectivity index (χ3n) is 4.12. The maximum atomic E-state index is 13.8. The van der Waals surface area contributed by atoms with Gasteiger partial charge in [-0.15, -0.1) is 0 Å². The molecule has 0 amide bonds. The average Bonchev–Trinajstić information content (AvgIpc) is 3.24. The number of rotatable bonds is 4. The van der Waals surface area contributed by atoms with Crippen LogP contribution in [0.4, 0.5) is 14.6 Å². The van der Waals surface area contributed by atoms with Crippen LogP contribution in [0.5, 0.6) is 11.8 Å². The number of imidazole rings is 1. The molecule has 136 valence electrons. The molecule has 0 saturated carbocycles. The van der Waals surface area contributed by atoms with E-state index in [2.05, 4.69) is 15.0 Å². The fraction of sp³-hybridized carbons (Fsp3) is 0.312. The van der Waals surface area contributed by atoms with Crippen molar-refractivity contribution in [3.05, 3.63) is 36.2 Å². The topological polar surface area (TPSA) is 108 Å². The molecule has 1 aliphatic heterocycles. The molecule has 8 nitrogen and oxygen atoms in total. The Balaban J connectivity index is 1.71. The highest BCUT2D eigenvalue weighted by molar-refractivity contribution is 5.82. The Morgan fingerprint density at radius 2 is 2.15 bits per heavy atom. The molecule has 3 aromatic rings. The minimum atomic E-state index is -0.757. The second-order valence-electron chi connectivity index (χ2n) is 5.86. The first kappa shape index (κ1) is 16.6. The van der Waals surface area contributed by atoms with Gasteiger partial charge in [-0.3, -0.25) is 4.57 Å². The smallest absolute Gasteiger partial charge is 0.326 e. The Hall–Kier alpha value is -2.85. The summed E-state index contributed by atoms with van der Waals surface area (Å²) in [5.74, 6) is -1.73. The van der Waals surface area contributed by atoms with E-state index in [1.165, 1.54) is 6.33 Å². The Labute approximate surface area is 146 Å². The summed E-state index contributed by atoms with van der Waals surface area (Å²) in [5.41, 5.74) is 6.57. The summed E-state index contributed by atoms with van der Waals surface area (Å²) < 4.78 is 39.7. The predicted octanol–water partition coefficient (Wildman–Crippen LogP) is 2.15. The highest BCUT2D eigenvalue weighted by atomic mass is 19.1. The number of aliphatic hydroxyl groups excluding tert-OH is 1. The molecule has 1 aliphatic rings. The van der Waals surface area contributed by atoms with Crippen molar-refractivity contribution in [1.82, 2.24) is 19.5 Å². The minimum Gasteiger partial charge on any atom is -0.421 e. The number of ether oxygens (including phenoxy) is 2. The van der Waals surface area contributed by atoms with Crippen LogP contribution in [0.1, 0.15) is 19.1 Å². The largest absolute Gasteiger partial charge is 0.421 e. The van der Waals surface area contributed by atoms with Crippen molar-refractivity contribution in [2.24, 2.45) is 0 Å². The molecular weight excluding hydrogens is 348 g/mol. The number of hydrogen-bond acceptors (Lipinski definition) is 7. The summed E-state index contributed by atoms with van der Waals surface area (Å²) in [4.78, 5) is 12.3. The lowest BCUT2D eigenvalue weighted by Gasteiger charge is -2.14. The molecule has 26 heavy (non-hydrogen) atoms. The van der Waals surface area contributed by atoms with E-state index in [4.69, 9.17) is 15.2 Å². The fourth-order valence-corrected chi connectivity index (χ4v) is 2.85. The summed E-state index contributed by atoms with van der Waals surface area (Å²) in [6.45, 7) is -0.0759. The van der Waals surface area contributed by atoms with Gasteiger partial charge in [-0.05, 0) is 25.0 Å². The van der Waals surface area contributed by atoms with Crippen LogP contribution >= 0.6 is 0 Å². The van der Waals surface area contributed by atoms with Crippen LogP contribution in [-0.4, -0.2) is 37.3 Å². The summed E-state index contributed by atoms with van der Waals surface area (Å²) in [5, 5.41) is 9.21. The number of anilines is 1. The van der Waals surface area contributed by atoms with E-state index in [1.54, 1.807) is 4.57 Å². The highest BCUT2D eigenvalue weighted by Crippen LogP contribution is 2.32. The number of halogens is 2. The number of hydrogen-bond donors (Lipinski definition) is 2. The van der Waals surface area contributed by atoms with Gasteiger partial charge in [0.2, 0.25) is 0 Å². The zero-order valence-corrected chi connectivity index (χ0v) is 13.5. The molecule has 0 bridgehead atoms. The van der Waals surface area contributed by atoms with Gasteiger partial charge in [0, 0.05) is 6.07 Å². The highest BCUT2D eigenvalue weighted by Gasteiger charge is 2.28. The van der Waals surface area contributed by atoms with Crippen molar-refractivity contribution < 1.29 is 23.4 Å². The Bertz CT molecular complexity index is 964. The quantitative estimate of drug-likeness (QED) is 0.731. The molecule has 0 spiro atoms. The molecule has 2 atom stereocenters. The van der Waals surface area contributed by atoms with Crippen molar-refractivity contribution in [1.29, 1.82) is 0 Å². The molecule has 3 N–H and O–H groups in total. The molecule has 1 fully saturated rings. The van der Waals surface area contributed by atoms with E-state index < -0.39 is 11.6 Å². The van der Waals surface area contributed by atoms with Crippen LogP contribution in [0.2, 0.25) is 0 Å². The van der Waals surface area contributed by atoms with Gasteiger partial charge in [0.25, 0.3) is 0 Å². The molecule has 2 unspecified atom stereocenters. The van der Waals surface area contributed by atoms with Crippen LogP contribution in [-0.2, 0) is 4.74 Å². The number of aromatic nitrogens is 4. The standard InChI is InChI=1S/C16H15F2N5O3/c17-8-1-3-10(18)11(5-8)26-16-21-14(19)13-15(22-16)23(7-20-13)12-4-2-9(6-24)25-12/h1,3,5,7,9,12,24H,2,4,6H2,(H2,19,21,22). The Kier molecular flexibility index (Phi) is 4.13. The van der Waals surface area contributed by atoms with Gasteiger partial charge >= 0.3 is 6.01 Å². The Morgan fingerprint density at radius 1 is 1.31 bits per heavy atom. The lowest BCUT2D eigenvalue weighted by Crippen LogP contribution is -2.14. The lowest BCUT2D eigenvalue weighted by atomic mass is 10.2. The predicted molar refractivity (Wildman–Crippen MR) is 86.4 cm³/mol. The normalized spacial score (nSPS) is 20.0. The number of fused-ring (bicyclic) bond motifs is 1. The van der Waals surface area contributed by atoms with Gasteiger partial charge in [0.1, 0.15) is 12.0 Å². The molecule has 1 aromatic carbocycles. The van der Waals surface area contributed by atoms with E-state index in [1.807, 2.05) is 0 Å². The average molecular weight is 363 g/mol. The monoisotopic (exact) mass is 363 g/mol. The third kappa shape index (κ3) is 2.93. The van der Waals surface area contributed by atoms with Crippen LogP contribution in [0.15, 0.2) is 24.5 Å². The van der Waals surface area contributed by atoms with Crippen molar-refractivity contribution in [3.63, 3.8) is 0 Å². The van der Waals surface area contributed by atoms with Crippen molar-refractivity contribution in [2.75, 3.05) is 12.3 Å². The number of aliphatic hydroxyl groups is 1. The zero-order chi connectivity index (χ0) is 18.3. The number of nitrogens with two attached hydrogens (primary N) is 1. The summed E-state index contributed by atoms with van der Waals surface area (Å²) >= 11 is 0. The van der Waals surface area contributed by atoms with Gasteiger partial charge < -0.3 is 20.3 Å². The van der Waals surface area contributed by atoms with E-state index in [-0.39, 0.29) is 36.5 Å². The van der Waals surface area contributed by atoms with Crippen molar-refractivity contribution in [2.45, 2.75) is 25.2 Å². The molecule has 10 heteroatoms. The van der Waals surface area contributed by atoms with Gasteiger partial charge in [-0.1, -0.05) is 0 Å². The van der Waals surface area contributed by atoms with Crippen LogP contribution in [0.3, 0.4) is 0 Å². The van der Waals surface area contributed by atoms with Crippen LogP contribution < -0.4 is 10.5 Å². The van der Waals surface area contributed by atoms with Crippen molar-refractivity contribution in [3.8, 4) is 11.8 Å². The molecule has 3 heterocycles. The number of benzene rings is 1. The molecule has 0 radical (unpaired) electrons.